The van der Waals surface area contributed by atoms with Crippen molar-refractivity contribution in [1.82, 2.24) is 10.2 Å². The molecule has 2 atom stereocenters. The summed E-state index contributed by atoms with van der Waals surface area (Å²) in [4.78, 5) is 2.27. The zero-order chi connectivity index (χ0) is 8.97. The Morgan fingerprint density at radius 1 is 1.58 bits per heavy atom. The van der Waals surface area contributed by atoms with Gasteiger partial charge in [-0.25, -0.2) is 0 Å². The largest absolute Gasteiger partial charge is 0.391 e. The maximum absolute atomic E-state index is 9.52. The van der Waals surface area contributed by atoms with Gasteiger partial charge in [0.15, 0.2) is 0 Å². The molecule has 0 amide bonds. The molecule has 2 N–H and O–H groups in total. The summed E-state index contributed by atoms with van der Waals surface area (Å²) in [6.07, 6.45) is 1.95. The Kier molecular flexibility index (Phi) is 3.98. The summed E-state index contributed by atoms with van der Waals surface area (Å²) in [5.74, 6) is 0. The summed E-state index contributed by atoms with van der Waals surface area (Å²) in [6.45, 7) is 5.22. The molecule has 1 heterocycles. The van der Waals surface area contributed by atoms with Gasteiger partial charge in [-0.3, -0.25) is 0 Å². The minimum absolute atomic E-state index is 0.135. The van der Waals surface area contributed by atoms with Crippen molar-refractivity contribution in [2.45, 2.75) is 31.9 Å². The lowest BCUT2D eigenvalue weighted by Crippen LogP contribution is -2.41. The van der Waals surface area contributed by atoms with E-state index in [1.165, 1.54) is 6.42 Å². The molecule has 1 aliphatic rings. The zero-order valence-corrected chi connectivity index (χ0v) is 8.08. The number of hydrogen-bond donors (Lipinski definition) is 2. The Hall–Kier alpha value is -0.120. The highest BCUT2D eigenvalue weighted by molar-refractivity contribution is 4.85. The minimum atomic E-state index is -0.135. The second-order valence-electron chi connectivity index (χ2n) is 3.68. The van der Waals surface area contributed by atoms with E-state index < -0.39 is 0 Å². The normalized spacial score (nSPS) is 30.0. The molecule has 0 bridgehead atoms. The Bertz CT molecular complexity index is 130. The van der Waals surface area contributed by atoms with Gasteiger partial charge < -0.3 is 15.3 Å². The quantitative estimate of drug-likeness (QED) is 0.629. The van der Waals surface area contributed by atoms with Crippen molar-refractivity contribution < 1.29 is 5.11 Å². The zero-order valence-electron chi connectivity index (χ0n) is 8.08. The van der Waals surface area contributed by atoms with Gasteiger partial charge in [0, 0.05) is 12.6 Å². The van der Waals surface area contributed by atoms with Gasteiger partial charge in [0.2, 0.25) is 0 Å². The van der Waals surface area contributed by atoms with Crippen molar-refractivity contribution in [2.75, 3.05) is 26.7 Å². The molecule has 12 heavy (non-hydrogen) atoms. The maximum atomic E-state index is 9.52. The van der Waals surface area contributed by atoms with Crippen molar-refractivity contribution >= 4 is 0 Å². The first kappa shape index (κ1) is 9.96. The van der Waals surface area contributed by atoms with Crippen LogP contribution in [-0.4, -0.2) is 48.8 Å². The van der Waals surface area contributed by atoms with Gasteiger partial charge in [-0.15, -0.1) is 0 Å². The molecule has 0 aromatic rings. The van der Waals surface area contributed by atoms with Gasteiger partial charge in [-0.2, -0.15) is 0 Å². The van der Waals surface area contributed by atoms with Gasteiger partial charge in [0.1, 0.15) is 0 Å². The molecule has 72 valence electrons. The van der Waals surface area contributed by atoms with Crippen LogP contribution in [-0.2, 0) is 0 Å². The molecule has 3 nitrogen and oxygen atoms in total. The van der Waals surface area contributed by atoms with E-state index in [9.17, 15) is 5.11 Å². The number of hydrogen-bond acceptors (Lipinski definition) is 3. The molecule has 2 unspecified atom stereocenters. The van der Waals surface area contributed by atoms with E-state index in [0.29, 0.717) is 6.04 Å². The lowest BCUT2D eigenvalue weighted by atomic mass is 10.1. The predicted octanol–water partition coefficient (Wildman–Crippen LogP) is 0.0510. The molecule has 0 aromatic carbocycles. The van der Waals surface area contributed by atoms with E-state index in [2.05, 4.69) is 24.2 Å². The first-order valence-corrected chi connectivity index (χ1v) is 4.84. The predicted molar refractivity (Wildman–Crippen MR) is 50.2 cm³/mol. The maximum Gasteiger partial charge on any atom is 0.0717 e. The highest BCUT2D eigenvalue weighted by Crippen LogP contribution is 2.07. The van der Waals surface area contributed by atoms with Crippen molar-refractivity contribution in [1.29, 1.82) is 0 Å². The summed E-state index contributed by atoms with van der Waals surface area (Å²) >= 11 is 0. The second-order valence-corrected chi connectivity index (χ2v) is 3.68. The van der Waals surface area contributed by atoms with E-state index >= 15 is 0 Å². The molecule has 0 saturated carbocycles. The first-order chi connectivity index (χ1) is 5.74. The fraction of sp³-hybridized carbons (Fsp3) is 1.00. The SMILES string of the molecule is CCCN(C)CC1NCCC1O. The molecule has 0 spiro atoms. The van der Waals surface area contributed by atoms with Gasteiger partial charge in [-0.05, 0) is 33.0 Å². The fourth-order valence-corrected chi connectivity index (χ4v) is 1.75. The molecule has 1 aliphatic heterocycles. The Morgan fingerprint density at radius 2 is 2.33 bits per heavy atom. The standard InChI is InChI=1S/C9H20N2O/c1-3-6-11(2)7-8-9(12)4-5-10-8/h8-10,12H,3-7H2,1-2H3. The smallest absolute Gasteiger partial charge is 0.0717 e. The number of likely N-dealkylation sites (N-methyl/N-ethyl adjacent to an activating group) is 1. The van der Waals surface area contributed by atoms with Crippen molar-refractivity contribution in [2.24, 2.45) is 0 Å². The molecule has 0 radical (unpaired) electrons. The summed E-state index contributed by atoms with van der Waals surface area (Å²) in [7, 11) is 2.11. The third-order valence-electron chi connectivity index (χ3n) is 2.42. The van der Waals surface area contributed by atoms with Crippen LogP contribution in [0, 0.1) is 0 Å². The topological polar surface area (TPSA) is 35.5 Å². The lowest BCUT2D eigenvalue weighted by Gasteiger charge is -2.22. The van der Waals surface area contributed by atoms with Crippen LogP contribution < -0.4 is 5.32 Å². The van der Waals surface area contributed by atoms with Crippen LogP contribution >= 0.6 is 0 Å². The van der Waals surface area contributed by atoms with Gasteiger partial charge in [-0.1, -0.05) is 6.92 Å². The van der Waals surface area contributed by atoms with Gasteiger partial charge >= 0.3 is 0 Å². The third-order valence-corrected chi connectivity index (χ3v) is 2.42. The number of nitrogens with zero attached hydrogens (tertiary/aromatic N) is 1. The highest BCUT2D eigenvalue weighted by Gasteiger charge is 2.24. The minimum Gasteiger partial charge on any atom is -0.391 e. The van der Waals surface area contributed by atoms with Gasteiger partial charge in [0.25, 0.3) is 0 Å². The fourth-order valence-electron chi connectivity index (χ4n) is 1.75. The average Bonchev–Trinajstić information content (AvgIpc) is 2.37. The highest BCUT2D eigenvalue weighted by atomic mass is 16.3. The molecular weight excluding hydrogens is 152 g/mol. The van der Waals surface area contributed by atoms with Crippen LogP contribution in [0.1, 0.15) is 19.8 Å². The Balaban J connectivity index is 2.20. The van der Waals surface area contributed by atoms with Crippen molar-refractivity contribution in [3.8, 4) is 0 Å². The van der Waals surface area contributed by atoms with E-state index in [1.54, 1.807) is 0 Å². The number of aliphatic hydroxyl groups excluding tert-OH is 1. The van der Waals surface area contributed by atoms with Crippen molar-refractivity contribution in [3.05, 3.63) is 0 Å². The summed E-state index contributed by atoms with van der Waals surface area (Å²) in [5, 5.41) is 12.8. The van der Waals surface area contributed by atoms with Crippen LogP contribution in [0.5, 0.6) is 0 Å². The second kappa shape index (κ2) is 4.80. The lowest BCUT2D eigenvalue weighted by molar-refractivity contribution is 0.138. The van der Waals surface area contributed by atoms with Gasteiger partial charge in [0.05, 0.1) is 6.10 Å². The third kappa shape index (κ3) is 2.73. The van der Waals surface area contributed by atoms with Crippen LogP contribution in [0.3, 0.4) is 0 Å². The molecule has 3 heteroatoms. The molecule has 1 rings (SSSR count). The van der Waals surface area contributed by atoms with E-state index in [1.807, 2.05) is 0 Å². The van der Waals surface area contributed by atoms with E-state index in [0.717, 1.165) is 26.1 Å². The number of nitrogens with one attached hydrogen (secondary N) is 1. The Morgan fingerprint density at radius 3 is 2.83 bits per heavy atom. The Labute approximate surface area is 74.8 Å². The molecule has 1 fully saturated rings. The van der Waals surface area contributed by atoms with Crippen LogP contribution in [0.2, 0.25) is 0 Å². The molecule has 1 saturated heterocycles. The van der Waals surface area contributed by atoms with Crippen LogP contribution in [0.4, 0.5) is 0 Å². The summed E-state index contributed by atoms with van der Waals surface area (Å²) in [6, 6.07) is 0.293. The average molecular weight is 172 g/mol. The molecular formula is C9H20N2O. The first-order valence-electron chi connectivity index (χ1n) is 4.84. The van der Waals surface area contributed by atoms with Crippen LogP contribution in [0.15, 0.2) is 0 Å². The van der Waals surface area contributed by atoms with Crippen molar-refractivity contribution in [3.63, 3.8) is 0 Å². The molecule has 0 aromatic heterocycles. The van der Waals surface area contributed by atoms with Crippen LogP contribution in [0.25, 0.3) is 0 Å². The molecule has 0 aliphatic carbocycles. The number of rotatable bonds is 4. The summed E-state index contributed by atoms with van der Waals surface area (Å²) < 4.78 is 0. The monoisotopic (exact) mass is 172 g/mol. The van der Waals surface area contributed by atoms with E-state index in [-0.39, 0.29) is 6.10 Å². The number of aliphatic hydroxyl groups is 1. The summed E-state index contributed by atoms with van der Waals surface area (Å²) in [5.41, 5.74) is 0. The van der Waals surface area contributed by atoms with E-state index in [4.69, 9.17) is 0 Å².